The first-order chi connectivity index (χ1) is 48.9. The molecular weight excluding hydrogens is 1280 g/mol. The molecule has 5 heterocycles. The Hall–Kier alpha value is -4.80. The van der Waals surface area contributed by atoms with Crippen molar-refractivity contribution in [3.63, 3.8) is 0 Å². The highest BCUT2D eigenvalue weighted by molar-refractivity contribution is 7.84. The van der Waals surface area contributed by atoms with Crippen molar-refractivity contribution in [2.75, 3.05) is 73.9 Å². The average molecular weight is 1420 g/mol. The van der Waals surface area contributed by atoms with E-state index in [4.69, 9.17) is 9.97 Å². The van der Waals surface area contributed by atoms with Crippen LogP contribution in [0.5, 0.6) is 0 Å². The van der Waals surface area contributed by atoms with E-state index >= 15 is 0 Å². The SMILES string of the molecule is CCCC[P+](CCCC)(CCCC)c1ccc(-c2c3nc(c(-c4ccc([P+](CCCC)(CCCC)CCCC)cc4)c4ccc([nH]4)c(-c4ccc([P+](CCCC)(CCCC)CCCC)cc4)c4nc(c(-c5ccc([P+](CCCC)(CCCC)CCCC)cc5)c5ccc2[nH]5)C=C4)C=C3)cc1. The van der Waals surface area contributed by atoms with Crippen LogP contribution in [-0.4, -0.2) is 93.9 Å². The van der Waals surface area contributed by atoms with Crippen molar-refractivity contribution >= 4 is 96.6 Å². The van der Waals surface area contributed by atoms with Crippen LogP contribution in [0.25, 0.3) is 90.9 Å². The Morgan fingerprint density at radius 3 is 0.500 bits per heavy atom. The standard InChI is InChI=1S/C92H134N4P4/c1-13-25-61-97(62-26-14-2,63-27-15-3)77-45-37-73(38-46-77)89-81-53-55-83(93-81)90(74-39-47-78(48-40-74)98(64-28-16-4,65-29-17-5)66-30-18-6)85-57-59-87(95-85)92(76-43-51-80(52-44-76)100(70-34-22-10,71-35-23-11)72-36-24-12)88-60-58-86(96-88)91(84-56-54-82(89)94-84)75-41-49-79(50-42-75)99(67-31-19-7,68-32-20-8)69-33-21-9/h37-60,93,96H,13-36,61-72H2,1-12H3/q+4. The zero-order valence-electron chi connectivity index (χ0n) is 65.0. The molecule has 8 bridgehead atoms. The van der Waals surface area contributed by atoms with Gasteiger partial charge in [-0.05, 0) is 196 Å². The summed E-state index contributed by atoms with van der Waals surface area (Å²) in [6, 6.07) is 49.8. The van der Waals surface area contributed by atoms with E-state index in [9.17, 15) is 0 Å². The molecule has 538 valence electrons. The van der Waals surface area contributed by atoms with Crippen LogP contribution in [0.3, 0.4) is 0 Å². The number of aromatic amines is 2. The number of benzene rings is 4. The minimum absolute atomic E-state index is 0.992. The topological polar surface area (TPSA) is 57.4 Å². The predicted molar refractivity (Wildman–Crippen MR) is 464 cm³/mol. The van der Waals surface area contributed by atoms with Crippen molar-refractivity contribution < 1.29 is 0 Å². The monoisotopic (exact) mass is 1420 g/mol. The summed E-state index contributed by atoms with van der Waals surface area (Å²) in [5, 5.41) is 6.47. The molecule has 0 atom stereocenters. The van der Waals surface area contributed by atoms with E-state index in [1.54, 1.807) is 21.2 Å². The molecule has 2 N–H and O–H groups in total. The fraction of sp³-hybridized carbons (Fsp3) is 0.522. The summed E-state index contributed by atoms with van der Waals surface area (Å²) >= 11 is 0. The molecule has 0 fully saturated rings. The number of nitrogens with one attached hydrogen (secondary N) is 2. The summed E-state index contributed by atoms with van der Waals surface area (Å²) in [7, 11) is -5.56. The third kappa shape index (κ3) is 19.2. The summed E-state index contributed by atoms with van der Waals surface area (Å²) < 4.78 is 0. The van der Waals surface area contributed by atoms with E-state index in [0.717, 1.165) is 67.1 Å². The molecular formula is C92H134N4P4+4. The van der Waals surface area contributed by atoms with Crippen molar-refractivity contribution in [3.8, 4) is 44.5 Å². The number of rotatable bonds is 44. The van der Waals surface area contributed by atoms with Gasteiger partial charge in [-0.3, -0.25) is 0 Å². The lowest BCUT2D eigenvalue weighted by molar-refractivity contribution is 0.841. The molecule has 3 aromatic heterocycles. The first kappa shape index (κ1) is 79.3. The van der Waals surface area contributed by atoms with E-state index in [2.05, 4.69) is 239 Å². The molecule has 0 aliphatic carbocycles. The van der Waals surface area contributed by atoms with Crippen LogP contribution in [0, 0.1) is 0 Å². The number of hydrogen-bond donors (Lipinski definition) is 2. The Morgan fingerprint density at radius 2 is 0.360 bits per heavy atom. The van der Waals surface area contributed by atoms with Crippen LogP contribution < -0.4 is 21.2 Å². The molecule has 100 heavy (non-hydrogen) atoms. The Morgan fingerprint density at radius 1 is 0.210 bits per heavy atom. The normalized spacial score (nSPS) is 12.8. The number of H-pyrrole nitrogens is 2. The van der Waals surface area contributed by atoms with Gasteiger partial charge in [-0.2, -0.15) is 0 Å². The maximum Gasteiger partial charge on any atom is 0.0939 e. The summed E-state index contributed by atoms with van der Waals surface area (Å²) in [4.78, 5) is 20.3. The summed E-state index contributed by atoms with van der Waals surface area (Å²) in [5.41, 5.74) is 17.7. The lowest BCUT2D eigenvalue weighted by Gasteiger charge is -2.28. The zero-order valence-corrected chi connectivity index (χ0v) is 68.6. The quantitative estimate of drug-likeness (QED) is 0.0374. The van der Waals surface area contributed by atoms with Crippen LogP contribution in [0.15, 0.2) is 121 Å². The van der Waals surface area contributed by atoms with Crippen LogP contribution in [0.4, 0.5) is 0 Å². The number of aromatic nitrogens is 4. The average Bonchev–Trinajstić information content (AvgIpc) is 1.65. The van der Waals surface area contributed by atoms with Gasteiger partial charge >= 0.3 is 0 Å². The molecule has 0 amide bonds. The fourth-order valence-corrected chi connectivity index (χ4v) is 36.6. The highest BCUT2D eigenvalue weighted by Crippen LogP contribution is 2.63. The van der Waals surface area contributed by atoms with Gasteiger partial charge in [0.25, 0.3) is 0 Å². The Labute approximate surface area is 612 Å². The molecule has 4 aromatic carbocycles. The van der Waals surface area contributed by atoms with Gasteiger partial charge < -0.3 is 9.97 Å². The summed E-state index contributed by atoms with van der Waals surface area (Å²) in [6.07, 6.45) is 56.2. The van der Waals surface area contributed by atoms with Crippen molar-refractivity contribution in [1.29, 1.82) is 0 Å². The zero-order chi connectivity index (χ0) is 70.8. The highest BCUT2D eigenvalue weighted by atomic mass is 31.2. The Balaban J connectivity index is 1.38. The first-order valence-electron chi connectivity index (χ1n) is 41.0. The number of hydrogen-bond acceptors (Lipinski definition) is 2. The van der Waals surface area contributed by atoms with Gasteiger partial charge in [0.15, 0.2) is 0 Å². The van der Waals surface area contributed by atoms with Crippen molar-refractivity contribution in [3.05, 3.63) is 144 Å². The lowest BCUT2D eigenvalue weighted by atomic mass is 10.0. The molecule has 8 heteroatoms. The van der Waals surface area contributed by atoms with Crippen LogP contribution >= 0.6 is 29.0 Å². The summed E-state index contributed by atoms with van der Waals surface area (Å²) in [6.45, 7) is 28.6. The van der Waals surface area contributed by atoms with E-state index in [0.29, 0.717) is 0 Å². The van der Waals surface area contributed by atoms with E-state index < -0.39 is 29.0 Å². The number of unbranched alkanes of at least 4 members (excludes halogenated alkanes) is 12. The molecule has 2 aliphatic heterocycles. The maximum absolute atomic E-state index is 5.95. The molecule has 9 rings (SSSR count). The molecule has 0 saturated heterocycles. The molecule has 2 aliphatic rings. The third-order valence-electron chi connectivity index (χ3n) is 22.8. The van der Waals surface area contributed by atoms with Crippen molar-refractivity contribution in [2.24, 2.45) is 0 Å². The van der Waals surface area contributed by atoms with Gasteiger partial charge in [0.05, 0.1) is 118 Å². The largest absolute Gasteiger partial charge is 0.354 e. The van der Waals surface area contributed by atoms with Gasteiger partial charge in [-0.25, -0.2) is 9.97 Å². The lowest BCUT2D eigenvalue weighted by Crippen LogP contribution is -2.21. The van der Waals surface area contributed by atoms with Gasteiger partial charge in [0.2, 0.25) is 0 Å². The molecule has 0 spiro atoms. The number of nitrogens with zero attached hydrogens (tertiary/aromatic N) is 2. The summed E-state index contributed by atoms with van der Waals surface area (Å²) in [5.74, 6) is 0. The maximum atomic E-state index is 5.95. The van der Waals surface area contributed by atoms with E-state index in [-0.39, 0.29) is 0 Å². The van der Waals surface area contributed by atoms with Gasteiger partial charge in [0.1, 0.15) is 0 Å². The number of fused-ring (bicyclic) bond motifs is 8. The van der Waals surface area contributed by atoms with Crippen LogP contribution in [-0.2, 0) is 0 Å². The van der Waals surface area contributed by atoms with E-state index in [1.807, 2.05) is 0 Å². The molecule has 7 aromatic rings. The molecule has 0 saturated carbocycles. The second kappa shape index (κ2) is 39.9. The fourth-order valence-electron chi connectivity index (χ4n) is 16.6. The predicted octanol–water partition coefficient (Wildman–Crippen LogP) is 27.5. The van der Waals surface area contributed by atoms with Crippen molar-refractivity contribution in [2.45, 2.75) is 237 Å². The van der Waals surface area contributed by atoms with Crippen LogP contribution in [0.1, 0.15) is 260 Å². The minimum Gasteiger partial charge on any atom is -0.354 e. The van der Waals surface area contributed by atoms with Gasteiger partial charge in [-0.15, -0.1) is 0 Å². The van der Waals surface area contributed by atoms with Crippen molar-refractivity contribution in [1.82, 2.24) is 19.9 Å². The Bertz CT molecular complexity index is 3270. The second-order valence-electron chi connectivity index (χ2n) is 30.2. The smallest absolute Gasteiger partial charge is 0.0939 e. The molecule has 0 unspecified atom stereocenters. The third-order valence-corrected chi connectivity index (χ3v) is 42.5. The Kier molecular flexibility index (Phi) is 31.7. The van der Waals surface area contributed by atoms with Gasteiger partial charge in [-0.1, -0.05) is 209 Å². The minimum atomic E-state index is -1.39. The first-order valence-corrected chi connectivity index (χ1v) is 50.4. The second-order valence-corrected chi connectivity index (χ2v) is 46.8. The molecule has 4 nitrogen and oxygen atoms in total. The van der Waals surface area contributed by atoms with Gasteiger partial charge in [0, 0.05) is 73.4 Å². The highest BCUT2D eigenvalue weighted by Gasteiger charge is 2.42. The van der Waals surface area contributed by atoms with Crippen LogP contribution in [0.2, 0.25) is 0 Å². The molecule has 0 radical (unpaired) electrons. The van der Waals surface area contributed by atoms with E-state index in [1.165, 1.54) is 250 Å².